The van der Waals surface area contributed by atoms with Gasteiger partial charge in [0.15, 0.2) is 0 Å². The molecule has 1 heterocycles. The van der Waals surface area contributed by atoms with Gasteiger partial charge in [-0.25, -0.2) is 4.98 Å². The number of rotatable bonds is 4. The van der Waals surface area contributed by atoms with E-state index in [9.17, 15) is 4.79 Å². The van der Waals surface area contributed by atoms with Gasteiger partial charge in [-0.1, -0.05) is 48.9 Å². The van der Waals surface area contributed by atoms with Crippen LogP contribution < -0.4 is 5.32 Å². The van der Waals surface area contributed by atoms with Gasteiger partial charge < -0.3 is 5.32 Å². The number of benzene rings is 1. The predicted octanol–water partition coefficient (Wildman–Crippen LogP) is 3.01. The van der Waals surface area contributed by atoms with Crippen LogP contribution in [-0.4, -0.2) is 15.9 Å². The highest BCUT2D eigenvalue weighted by molar-refractivity contribution is 6.29. The van der Waals surface area contributed by atoms with E-state index in [2.05, 4.69) is 15.3 Å². The van der Waals surface area contributed by atoms with Gasteiger partial charge in [-0.15, -0.1) is 0 Å². The van der Waals surface area contributed by atoms with Gasteiger partial charge in [0.1, 0.15) is 10.8 Å². The lowest BCUT2D eigenvalue weighted by molar-refractivity contribution is 0.0930. The molecule has 0 spiro atoms. The Morgan fingerprint density at radius 2 is 2.05 bits per heavy atom. The molecule has 0 aliphatic rings. The maximum atomic E-state index is 12.1. The number of nitrogens with one attached hydrogen (secondary N) is 1. The summed E-state index contributed by atoms with van der Waals surface area (Å²) in [5.74, 6) is -0.272. The minimum atomic E-state index is -0.272. The normalized spacial score (nSPS) is 11.9. The Bertz CT molecular complexity index is 560. The van der Waals surface area contributed by atoms with Crippen molar-refractivity contribution in [2.45, 2.75) is 19.4 Å². The van der Waals surface area contributed by atoms with Crippen molar-refractivity contribution in [1.29, 1.82) is 0 Å². The number of nitrogens with zero attached hydrogens (tertiary/aromatic N) is 2. The highest BCUT2D eigenvalue weighted by Crippen LogP contribution is 2.16. The SMILES string of the molecule is CCC(NC(=O)c1cncc(Cl)n1)c1ccccc1. The standard InChI is InChI=1S/C14H14ClN3O/c1-2-11(10-6-4-3-5-7-10)18-14(19)12-8-16-9-13(15)17-12/h3-9,11H,2H2,1H3,(H,18,19). The molecule has 1 atom stereocenters. The van der Waals surface area contributed by atoms with Gasteiger partial charge in [0.2, 0.25) is 0 Å². The number of carbonyl (C=O) groups excluding carboxylic acids is 1. The summed E-state index contributed by atoms with van der Waals surface area (Å²) in [6.07, 6.45) is 3.59. The third-order valence-electron chi connectivity index (χ3n) is 2.75. The van der Waals surface area contributed by atoms with Crippen LogP contribution in [0.25, 0.3) is 0 Å². The van der Waals surface area contributed by atoms with E-state index in [1.165, 1.54) is 12.4 Å². The molecular formula is C14H14ClN3O. The Hall–Kier alpha value is -1.94. The van der Waals surface area contributed by atoms with Gasteiger partial charge in [0.05, 0.1) is 18.4 Å². The van der Waals surface area contributed by atoms with Crippen LogP contribution in [0.15, 0.2) is 42.7 Å². The van der Waals surface area contributed by atoms with Crippen molar-refractivity contribution in [2.75, 3.05) is 0 Å². The van der Waals surface area contributed by atoms with E-state index in [0.717, 1.165) is 12.0 Å². The van der Waals surface area contributed by atoms with Gasteiger partial charge in [-0.05, 0) is 12.0 Å². The summed E-state index contributed by atoms with van der Waals surface area (Å²) < 4.78 is 0. The van der Waals surface area contributed by atoms with Crippen LogP contribution in [0.3, 0.4) is 0 Å². The second-order valence-electron chi connectivity index (χ2n) is 4.07. The zero-order valence-electron chi connectivity index (χ0n) is 10.5. The summed E-state index contributed by atoms with van der Waals surface area (Å²) in [6.45, 7) is 2.02. The Morgan fingerprint density at radius 3 is 2.68 bits per heavy atom. The minimum Gasteiger partial charge on any atom is -0.344 e. The summed E-state index contributed by atoms with van der Waals surface area (Å²) in [5.41, 5.74) is 1.29. The molecule has 1 unspecified atom stereocenters. The first-order valence-electron chi connectivity index (χ1n) is 6.04. The van der Waals surface area contributed by atoms with Gasteiger partial charge in [-0.2, -0.15) is 0 Å². The number of halogens is 1. The van der Waals surface area contributed by atoms with Crippen molar-refractivity contribution in [3.05, 3.63) is 59.1 Å². The lowest BCUT2D eigenvalue weighted by Crippen LogP contribution is -2.29. The fourth-order valence-corrected chi connectivity index (χ4v) is 1.94. The molecule has 0 fully saturated rings. The maximum Gasteiger partial charge on any atom is 0.272 e. The largest absolute Gasteiger partial charge is 0.344 e. The molecule has 0 saturated heterocycles. The highest BCUT2D eigenvalue weighted by atomic mass is 35.5. The zero-order valence-corrected chi connectivity index (χ0v) is 11.3. The summed E-state index contributed by atoms with van der Waals surface area (Å²) in [4.78, 5) is 19.9. The summed E-state index contributed by atoms with van der Waals surface area (Å²) >= 11 is 5.72. The Labute approximate surface area is 116 Å². The lowest BCUT2D eigenvalue weighted by Gasteiger charge is -2.17. The molecular weight excluding hydrogens is 262 g/mol. The molecule has 0 aliphatic heterocycles. The van der Waals surface area contributed by atoms with Crippen LogP contribution in [0, 0.1) is 0 Å². The molecule has 2 rings (SSSR count). The van der Waals surface area contributed by atoms with Crippen molar-refractivity contribution < 1.29 is 4.79 Å². The fraction of sp³-hybridized carbons (Fsp3) is 0.214. The molecule has 0 aliphatic carbocycles. The molecule has 1 N–H and O–H groups in total. The van der Waals surface area contributed by atoms with Crippen LogP contribution in [0.4, 0.5) is 0 Å². The lowest BCUT2D eigenvalue weighted by atomic mass is 10.0. The average Bonchev–Trinajstić information content (AvgIpc) is 2.45. The zero-order chi connectivity index (χ0) is 13.7. The number of hydrogen-bond donors (Lipinski definition) is 1. The van der Waals surface area contributed by atoms with E-state index in [4.69, 9.17) is 11.6 Å². The average molecular weight is 276 g/mol. The van der Waals surface area contributed by atoms with E-state index in [1.807, 2.05) is 37.3 Å². The van der Waals surface area contributed by atoms with Crippen molar-refractivity contribution in [3.8, 4) is 0 Å². The molecule has 2 aromatic rings. The molecule has 98 valence electrons. The van der Waals surface area contributed by atoms with E-state index in [0.29, 0.717) is 0 Å². The third kappa shape index (κ3) is 3.51. The van der Waals surface area contributed by atoms with Crippen LogP contribution in [0.5, 0.6) is 0 Å². The first-order valence-corrected chi connectivity index (χ1v) is 6.42. The van der Waals surface area contributed by atoms with E-state index >= 15 is 0 Å². The molecule has 19 heavy (non-hydrogen) atoms. The second-order valence-corrected chi connectivity index (χ2v) is 4.46. The van der Waals surface area contributed by atoms with Gasteiger partial charge >= 0.3 is 0 Å². The van der Waals surface area contributed by atoms with E-state index in [-0.39, 0.29) is 22.8 Å². The van der Waals surface area contributed by atoms with E-state index in [1.54, 1.807) is 0 Å². The Kier molecular flexibility index (Phi) is 4.47. The van der Waals surface area contributed by atoms with Crippen molar-refractivity contribution in [3.63, 3.8) is 0 Å². The summed E-state index contributed by atoms with van der Waals surface area (Å²) in [6, 6.07) is 9.76. The number of hydrogen-bond acceptors (Lipinski definition) is 3. The fourth-order valence-electron chi connectivity index (χ4n) is 1.79. The van der Waals surface area contributed by atoms with Crippen molar-refractivity contribution in [1.82, 2.24) is 15.3 Å². The number of aromatic nitrogens is 2. The van der Waals surface area contributed by atoms with Crippen LogP contribution in [0.1, 0.15) is 35.4 Å². The topological polar surface area (TPSA) is 54.9 Å². The highest BCUT2D eigenvalue weighted by Gasteiger charge is 2.15. The first kappa shape index (κ1) is 13.5. The maximum absolute atomic E-state index is 12.1. The molecule has 1 aromatic carbocycles. The molecule has 5 heteroatoms. The Balaban J connectivity index is 2.13. The molecule has 0 saturated carbocycles. The van der Waals surface area contributed by atoms with E-state index < -0.39 is 0 Å². The monoisotopic (exact) mass is 275 g/mol. The van der Waals surface area contributed by atoms with Crippen LogP contribution in [0.2, 0.25) is 5.15 Å². The molecule has 1 amide bonds. The van der Waals surface area contributed by atoms with Gasteiger partial charge in [-0.3, -0.25) is 9.78 Å². The molecule has 0 radical (unpaired) electrons. The molecule has 4 nitrogen and oxygen atoms in total. The molecule has 1 aromatic heterocycles. The first-order chi connectivity index (χ1) is 9.20. The smallest absolute Gasteiger partial charge is 0.272 e. The van der Waals surface area contributed by atoms with Crippen LogP contribution >= 0.6 is 11.6 Å². The predicted molar refractivity (Wildman–Crippen MR) is 74.0 cm³/mol. The number of carbonyl (C=O) groups is 1. The van der Waals surface area contributed by atoms with Gasteiger partial charge in [0.25, 0.3) is 5.91 Å². The van der Waals surface area contributed by atoms with Gasteiger partial charge in [0, 0.05) is 0 Å². The second kappa shape index (κ2) is 6.29. The third-order valence-corrected chi connectivity index (χ3v) is 2.94. The minimum absolute atomic E-state index is 0.0468. The quantitative estimate of drug-likeness (QED) is 0.933. The summed E-state index contributed by atoms with van der Waals surface area (Å²) in [5, 5.41) is 3.14. The van der Waals surface area contributed by atoms with Crippen molar-refractivity contribution in [2.24, 2.45) is 0 Å². The number of amides is 1. The Morgan fingerprint density at radius 1 is 1.32 bits per heavy atom. The molecule has 0 bridgehead atoms. The van der Waals surface area contributed by atoms with Crippen molar-refractivity contribution >= 4 is 17.5 Å². The van der Waals surface area contributed by atoms with Crippen LogP contribution in [-0.2, 0) is 0 Å². The summed E-state index contributed by atoms with van der Waals surface area (Å²) in [7, 11) is 0.